The Balaban J connectivity index is 3.23. The molecule has 0 amide bonds. The van der Waals surface area contributed by atoms with Gasteiger partial charge in [0.05, 0.1) is 5.69 Å². The Kier molecular flexibility index (Phi) is 6.19. The van der Waals surface area contributed by atoms with Gasteiger partial charge in [-0.1, -0.05) is 34.6 Å². The van der Waals surface area contributed by atoms with E-state index in [1.54, 1.807) is 19.9 Å². The fourth-order valence-electron chi connectivity index (χ4n) is 2.07. The first-order valence-corrected chi connectivity index (χ1v) is 9.70. The smallest absolute Gasteiger partial charge is 0.404 e. The SMILES string of the molecule is CCP(=O)(CC)c1ccc(NCC(C)(C)C)c(OC(F)(F)F)c1. The van der Waals surface area contributed by atoms with Crippen molar-refractivity contribution in [1.82, 2.24) is 0 Å². The fraction of sp³-hybridized carbons (Fsp3) is 0.625. The van der Waals surface area contributed by atoms with Crippen LogP contribution in [0.15, 0.2) is 18.2 Å². The monoisotopic (exact) mass is 351 g/mol. The summed E-state index contributed by atoms with van der Waals surface area (Å²) >= 11 is 0. The molecule has 1 aromatic rings. The van der Waals surface area contributed by atoms with Gasteiger partial charge >= 0.3 is 6.36 Å². The van der Waals surface area contributed by atoms with E-state index in [1.165, 1.54) is 12.1 Å². The molecular formula is C16H25F3NO2P. The summed E-state index contributed by atoms with van der Waals surface area (Å²) in [7, 11) is -2.67. The Morgan fingerprint density at radius 2 is 1.70 bits per heavy atom. The lowest BCUT2D eigenvalue weighted by Crippen LogP contribution is -2.23. The van der Waals surface area contributed by atoms with Gasteiger partial charge < -0.3 is 14.6 Å². The highest BCUT2D eigenvalue weighted by molar-refractivity contribution is 7.71. The molecule has 23 heavy (non-hydrogen) atoms. The van der Waals surface area contributed by atoms with Gasteiger partial charge in [-0.25, -0.2) is 0 Å². The Morgan fingerprint density at radius 1 is 1.13 bits per heavy atom. The summed E-state index contributed by atoms with van der Waals surface area (Å²) in [6, 6.07) is 4.40. The molecule has 0 aliphatic heterocycles. The lowest BCUT2D eigenvalue weighted by Gasteiger charge is -2.23. The number of rotatable bonds is 6. The molecule has 0 saturated carbocycles. The van der Waals surface area contributed by atoms with Gasteiger partial charge in [-0.2, -0.15) is 0 Å². The summed E-state index contributed by atoms with van der Waals surface area (Å²) in [5.74, 6) is -0.332. The maximum atomic E-state index is 12.7. The van der Waals surface area contributed by atoms with Crippen LogP contribution in [0, 0.1) is 5.41 Å². The Bertz CT molecular complexity index is 572. The molecule has 0 bridgehead atoms. The van der Waals surface area contributed by atoms with Gasteiger partial charge in [-0.3, -0.25) is 0 Å². The average Bonchev–Trinajstić information content (AvgIpc) is 2.42. The molecule has 0 unspecified atom stereocenters. The van der Waals surface area contributed by atoms with Crippen molar-refractivity contribution in [3.05, 3.63) is 18.2 Å². The van der Waals surface area contributed by atoms with E-state index >= 15 is 0 Å². The fourth-order valence-corrected chi connectivity index (χ4v) is 3.95. The zero-order valence-electron chi connectivity index (χ0n) is 14.3. The van der Waals surface area contributed by atoms with Crippen LogP contribution in [-0.4, -0.2) is 25.2 Å². The van der Waals surface area contributed by atoms with E-state index in [2.05, 4.69) is 10.1 Å². The van der Waals surface area contributed by atoms with Crippen LogP contribution < -0.4 is 15.4 Å². The first-order valence-electron chi connectivity index (χ1n) is 7.62. The van der Waals surface area contributed by atoms with Gasteiger partial charge in [0, 0.05) is 24.2 Å². The van der Waals surface area contributed by atoms with E-state index in [-0.39, 0.29) is 16.9 Å². The summed E-state index contributed by atoms with van der Waals surface area (Å²) < 4.78 is 54.9. The third-order valence-electron chi connectivity index (χ3n) is 3.49. The van der Waals surface area contributed by atoms with Crippen molar-refractivity contribution in [1.29, 1.82) is 0 Å². The zero-order valence-corrected chi connectivity index (χ0v) is 15.1. The molecule has 0 spiro atoms. The lowest BCUT2D eigenvalue weighted by atomic mass is 9.97. The molecule has 0 saturated heterocycles. The van der Waals surface area contributed by atoms with Crippen molar-refractivity contribution in [3.8, 4) is 5.75 Å². The van der Waals surface area contributed by atoms with Crippen LogP contribution in [0.2, 0.25) is 0 Å². The van der Waals surface area contributed by atoms with Crippen LogP contribution in [-0.2, 0) is 4.57 Å². The quantitative estimate of drug-likeness (QED) is 0.727. The van der Waals surface area contributed by atoms with E-state index in [4.69, 9.17) is 0 Å². The highest BCUT2D eigenvalue weighted by Gasteiger charge is 2.33. The van der Waals surface area contributed by atoms with E-state index in [1.807, 2.05) is 20.8 Å². The maximum absolute atomic E-state index is 12.7. The van der Waals surface area contributed by atoms with E-state index in [0.29, 0.717) is 24.2 Å². The summed E-state index contributed by atoms with van der Waals surface area (Å²) in [5.41, 5.74) is 0.149. The van der Waals surface area contributed by atoms with Crippen molar-refractivity contribution in [2.45, 2.75) is 41.0 Å². The van der Waals surface area contributed by atoms with Crippen molar-refractivity contribution in [3.63, 3.8) is 0 Å². The number of alkyl halides is 3. The normalized spacial score (nSPS) is 13.0. The molecule has 1 N–H and O–H groups in total. The molecule has 0 fully saturated rings. The average molecular weight is 351 g/mol. The van der Waals surface area contributed by atoms with Crippen LogP contribution in [0.3, 0.4) is 0 Å². The van der Waals surface area contributed by atoms with Crippen molar-refractivity contribution in [2.75, 3.05) is 24.2 Å². The number of hydrogen-bond donors (Lipinski definition) is 1. The zero-order chi connectivity index (χ0) is 17.9. The standard InChI is InChI=1S/C16H25F3NO2P/c1-6-23(21,7-2)12-8-9-13(20-11-15(3,4)5)14(10-12)22-16(17,18)19/h8-10,20H,6-7,11H2,1-5H3. The molecule has 0 heterocycles. The number of ether oxygens (including phenoxy) is 1. The predicted octanol–water partition coefficient (Wildman–Crippen LogP) is 5.07. The number of nitrogens with one attached hydrogen (secondary N) is 1. The van der Waals surface area contributed by atoms with Gasteiger partial charge in [0.2, 0.25) is 0 Å². The molecule has 0 aliphatic rings. The van der Waals surface area contributed by atoms with Crippen molar-refractivity contribution < 1.29 is 22.5 Å². The van der Waals surface area contributed by atoms with Crippen molar-refractivity contribution >= 4 is 18.1 Å². The van der Waals surface area contributed by atoms with Crippen LogP contribution in [0.5, 0.6) is 5.75 Å². The van der Waals surface area contributed by atoms with E-state index in [0.717, 1.165) is 0 Å². The van der Waals surface area contributed by atoms with E-state index < -0.39 is 13.5 Å². The molecule has 0 aliphatic carbocycles. The summed E-state index contributed by atoms with van der Waals surface area (Å²) in [6.45, 7) is 9.96. The van der Waals surface area contributed by atoms with Gasteiger partial charge in [0.15, 0.2) is 5.75 Å². The molecular weight excluding hydrogens is 326 g/mol. The second kappa shape index (κ2) is 7.16. The second-order valence-corrected chi connectivity index (χ2v) is 10.2. The first-order chi connectivity index (χ1) is 10.4. The van der Waals surface area contributed by atoms with Crippen molar-refractivity contribution in [2.24, 2.45) is 5.41 Å². The molecule has 132 valence electrons. The molecule has 0 aromatic heterocycles. The largest absolute Gasteiger partial charge is 0.573 e. The second-order valence-electron chi connectivity index (χ2n) is 6.66. The first kappa shape index (κ1) is 19.9. The number of hydrogen-bond acceptors (Lipinski definition) is 3. The van der Waals surface area contributed by atoms with Gasteiger partial charge in [-0.05, 0) is 23.6 Å². The minimum atomic E-state index is -4.79. The molecule has 0 radical (unpaired) electrons. The van der Waals surface area contributed by atoms with Crippen LogP contribution in [0.4, 0.5) is 18.9 Å². The van der Waals surface area contributed by atoms with E-state index in [9.17, 15) is 17.7 Å². The minimum absolute atomic E-state index is 0.101. The van der Waals surface area contributed by atoms with Crippen LogP contribution >= 0.6 is 7.14 Å². The minimum Gasteiger partial charge on any atom is -0.404 e. The van der Waals surface area contributed by atoms with Crippen LogP contribution in [0.25, 0.3) is 0 Å². The maximum Gasteiger partial charge on any atom is 0.573 e. The van der Waals surface area contributed by atoms with Gasteiger partial charge in [-0.15, -0.1) is 13.2 Å². The highest BCUT2D eigenvalue weighted by atomic mass is 31.2. The Hall–Kier alpha value is -1.16. The van der Waals surface area contributed by atoms with Gasteiger partial charge in [0.25, 0.3) is 0 Å². The highest BCUT2D eigenvalue weighted by Crippen LogP contribution is 2.45. The molecule has 1 aromatic carbocycles. The Morgan fingerprint density at radius 3 is 2.13 bits per heavy atom. The predicted molar refractivity (Wildman–Crippen MR) is 89.4 cm³/mol. The number of halogens is 3. The third-order valence-corrected chi connectivity index (χ3v) is 6.75. The summed E-state index contributed by atoms with van der Waals surface area (Å²) in [6.07, 6.45) is -3.98. The van der Waals surface area contributed by atoms with Gasteiger partial charge in [0.1, 0.15) is 7.14 Å². The third kappa shape index (κ3) is 6.09. The topological polar surface area (TPSA) is 38.3 Å². The van der Waals surface area contributed by atoms with Crippen LogP contribution in [0.1, 0.15) is 34.6 Å². The summed E-state index contributed by atoms with van der Waals surface area (Å²) in [5, 5.41) is 3.40. The molecule has 3 nitrogen and oxygen atoms in total. The summed E-state index contributed by atoms with van der Waals surface area (Å²) in [4.78, 5) is 0. The molecule has 0 atom stereocenters. The lowest BCUT2D eigenvalue weighted by molar-refractivity contribution is -0.274. The Labute approximate surface area is 136 Å². The molecule has 7 heteroatoms. The molecule has 1 rings (SSSR count). The number of anilines is 1. The number of benzene rings is 1.